The quantitative estimate of drug-likeness (QED) is 0.600. The van der Waals surface area contributed by atoms with Crippen molar-refractivity contribution in [2.75, 3.05) is 23.9 Å². The van der Waals surface area contributed by atoms with Crippen LogP contribution in [-0.4, -0.2) is 35.4 Å². The first-order valence-electron chi connectivity index (χ1n) is 10.1. The number of ether oxygens (including phenoxy) is 1. The monoisotopic (exact) mass is 436 g/mol. The van der Waals surface area contributed by atoms with Crippen molar-refractivity contribution < 1.29 is 14.3 Å². The lowest BCUT2D eigenvalue weighted by Gasteiger charge is -2.37. The highest BCUT2D eigenvalue weighted by atomic mass is 32.1. The van der Waals surface area contributed by atoms with Crippen LogP contribution in [0.4, 0.5) is 16.5 Å². The largest absolute Gasteiger partial charge is 0.497 e. The molecule has 3 aromatic rings. The Hall–Kier alpha value is -3.39. The van der Waals surface area contributed by atoms with E-state index in [0.29, 0.717) is 34.4 Å². The molecule has 0 radical (unpaired) electrons. The molecule has 1 unspecified atom stereocenters. The van der Waals surface area contributed by atoms with E-state index < -0.39 is 6.17 Å². The molecule has 0 fully saturated rings. The first kappa shape index (κ1) is 20.9. The standard InChI is InChI=1S/C23H24N4O3S/c1-4-12-26-21(24-19-11-6-5-10-18(19)22(26)29)20-14-31-23(25-20)27(15(2)28)16-8-7-9-17(13-16)30-3/h5-11,13-14,21,24H,4,12H2,1-3H3. The van der Waals surface area contributed by atoms with Gasteiger partial charge in [-0.15, -0.1) is 11.3 Å². The Bertz CT molecular complexity index is 1110. The number of thiazole rings is 1. The lowest BCUT2D eigenvalue weighted by Crippen LogP contribution is -2.43. The summed E-state index contributed by atoms with van der Waals surface area (Å²) in [5.74, 6) is 0.482. The van der Waals surface area contributed by atoms with Crippen molar-refractivity contribution in [1.29, 1.82) is 0 Å². The molecule has 1 aliphatic rings. The predicted octanol–water partition coefficient (Wildman–Crippen LogP) is 4.81. The Morgan fingerprint density at radius 2 is 2.06 bits per heavy atom. The number of nitrogens with one attached hydrogen (secondary N) is 1. The van der Waals surface area contributed by atoms with Crippen LogP contribution >= 0.6 is 11.3 Å². The van der Waals surface area contributed by atoms with E-state index in [2.05, 4.69) is 5.32 Å². The molecule has 2 amide bonds. The Morgan fingerprint density at radius 1 is 1.26 bits per heavy atom. The fourth-order valence-electron chi connectivity index (χ4n) is 3.68. The summed E-state index contributed by atoms with van der Waals surface area (Å²) in [7, 11) is 1.59. The molecule has 2 aromatic carbocycles. The molecular weight excluding hydrogens is 412 g/mol. The third-order valence-corrected chi connectivity index (χ3v) is 5.94. The average molecular weight is 437 g/mol. The maximum absolute atomic E-state index is 13.1. The number of para-hydroxylation sites is 1. The van der Waals surface area contributed by atoms with Gasteiger partial charge in [-0.3, -0.25) is 14.5 Å². The topological polar surface area (TPSA) is 74.8 Å². The van der Waals surface area contributed by atoms with Gasteiger partial charge in [-0.2, -0.15) is 0 Å². The number of hydrogen-bond acceptors (Lipinski definition) is 6. The molecule has 0 aliphatic carbocycles. The van der Waals surface area contributed by atoms with Crippen molar-refractivity contribution in [1.82, 2.24) is 9.88 Å². The summed E-state index contributed by atoms with van der Waals surface area (Å²) in [6, 6.07) is 14.8. The van der Waals surface area contributed by atoms with Gasteiger partial charge in [0.05, 0.1) is 24.1 Å². The second kappa shape index (κ2) is 8.77. The number of rotatable bonds is 6. The van der Waals surface area contributed by atoms with Crippen molar-refractivity contribution in [2.24, 2.45) is 0 Å². The summed E-state index contributed by atoms with van der Waals surface area (Å²) in [6.07, 6.45) is 0.429. The van der Waals surface area contributed by atoms with Crippen LogP contribution in [-0.2, 0) is 4.79 Å². The Labute approximate surface area is 185 Å². The van der Waals surface area contributed by atoms with E-state index in [9.17, 15) is 9.59 Å². The second-order valence-corrected chi connectivity index (χ2v) is 8.04. The normalized spacial score (nSPS) is 15.3. The van der Waals surface area contributed by atoms with E-state index in [1.165, 1.54) is 18.3 Å². The molecule has 1 atom stereocenters. The number of anilines is 3. The SMILES string of the molecule is CCCN1C(=O)c2ccccc2NC1c1csc(N(C(C)=O)c2cccc(OC)c2)n1. The third-order valence-electron chi connectivity index (χ3n) is 5.09. The molecule has 7 nitrogen and oxygen atoms in total. The molecule has 0 saturated carbocycles. The zero-order chi connectivity index (χ0) is 22.0. The molecule has 0 bridgehead atoms. The summed E-state index contributed by atoms with van der Waals surface area (Å²) in [5, 5.41) is 5.88. The molecule has 1 aliphatic heterocycles. The van der Waals surface area contributed by atoms with E-state index in [-0.39, 0.29) is 11.8 Å². The highest BCUT2D eigenvalue weighted by Gasteiger charge is 2.34. The van der Waals surface area contributed by atoms with Gasteiger partial charge in [0.25, 0.3) is 5.91 Å². The van der Waals surface area contributed by atoms with Crippen LogP contribution < -0.4 is 15.0 Å². The van der Waals surface area contributed by atoms with E-state index in [4.69, 9.17) is 9.72 Å². The number of carbonyl (C=O) groups excluding carboxylic acids is 2. The van der Waals surface area contributed by atoms with Gasteiger partial charge in [0.2, 0.25) is 5.91 Å². The summed E-state index contributed by atoms with van der Waals surface area (Å²) < 4.78 is 5.30. The number of fused-ring (bicyclic) bond motifs is 1. The van der Waals surface area contributed by atoms with Crippen LogP contribution in [0.3, 0.4) is 0 Å². The molecule has 1 aromatic heterocycles. The summed E-state index contributed by atoms with van der Waals surface area (Å²) in [6.45, 7) is 4.14. The lowest BCUT2D eigenvalue weighted by molar-refractivity contribution is -0.115. The van der Waals surface area contributed by atoms with Crippen LogP contribution in [0.5, 0.6) is 5.75 Å². The van der Waals surface area contributed by atoms with Crippen molar-refractivity contribution >= 4 is 39.7 Å². The number of methoxy groups -OCH3 is 1. The molecule has 0 saturated heterocycles. The molecule has 160 valence electrons. The minimum atomic E-state index is -0.397. The van der Waals surface area contributed by atoms with Crippen LogP contribution in [0.2, 0.25) is 0 Å². The van der Waals surface area contributed by atoms with Crippen LogP contribution in [0.1, 0.15) is 42.5 Å². The molecule has 0 spiro atoms. The van der Waals surface area contributed by atoms with Crippen LogP contribution in [0, 0.1) is 0 Å². The van der Waals surface area contributed by atoms with Gasteiger partial charge in [0.15, 0.2) is 5.13 Å². The van der Waals surface area contributed by atoms with E-state index in [1.54, 1.807) is 23.0 Å². The number of aromatic nitrogens is 1. The molecule has 31 heavy (non-hydrogen) atoms. The number of hydrogen-bond donors (Lipinski definition) is 1. The molecular formula is C23H24N4O3S. The average Bonchev–Trinajstić information content (AvgIpc) is 3.25. The first-order chi connectivity index (χ1) is 15.0. The highest BCUT2D eigenvalue weighted by molar-refractivity contribution is 7.14. The summed E-state index contributed by atoms with van der Waals surface area (Å²) in [4.78, 5) is 33.7. The first-order valence-corrected chi connectivity index (χ1v) is 11.0. The number of amides is 2. The van der Waals surface area contributed by atoms with Gasteiger partial charge >= 0.3 is 0 Å². The third kappa shape index (κ3) is 3.98. The van der Waals surface area contributed by atoms with Crippen LogP contribution in [0.25, 0.3) is 0 Å². The highest BCUT2D eigenvalue weighted by Crippen LogP contribution is 2.37. The van der Waals surface area contributed by atoms with E-state index >= 15 is 0 Å². The van der Waals surface area contributed by atoms with Gasteiger partial charge in [0.1, 0.15) is 11.9 Å². The maximum Gasteiger partial charge on any atom is 0.257 e. The fourth-order valence-corrected chi connectivity index (χ4v) is 4.58. The fraction of sp³-hybridized carbons (Fsp3) is 0.261. The maximum atomic E-state index is 13.1. The van der Waals surface area contributed by atoms with Crippen molar-refractivity contribution in [3.63, 3.8) is 0 Å². The molecule has 4 rings (SSSR count). The van der Waals surface area contributed by atoms with Crippen molar-refractivity contribution in [2.45, 2.75) is 26.4 Å². The van der Waals surface area contributed by atoms with E-state index in [0.717, 1.165) is 12.1 Å². The molecule has 8 heteroatoms. The second-order valence-electron chi connectivity index (χ2n) is 7.20. The van der Waals surface area contributed by atoms with Crippen molar-refractivity contribution in [3.05, 3.63) is 65.2 Å². The van der Waals surface area contributed by atoms with Crippen molar-refractivity contribution in [3.8, 4) is 5.75 Å². The van der Waals surface area contributed by atoms with Gasteiger partial charge in [-0.25, -0.2) is 4.98 Å². The Morgan fingerprint density at radius 3 is 2.81 bits per heavy atom. The zero-order valence-electron chi connectivity index (χ0n) is 17.7. The number of nitrogens with zero attached hydrogens (tertiary/aromatic N) is 3. The van der Waals surface area contributed by atoms with E-state index in [1.807, 2.05) is 54.8 Å². The Balaban J connectivity index is 1.70. The smallest absolute Gasteiger partial charge is 0.257 e. The van der Waals surface area contributed by atoms with Gasteiger partial charge < -0.3 is 15.0 Å². The van der Waals surface area contributed by atoms with Gasteiger partial charge in [-0.1, -0.05) is 25.1 Å². The number of carbonyl (C=O) groups is 2. The molecule has 2 heterocycles. The van der Waals surface area contributed by atoms with Crippen LogP contribution in [0.15, 0.2) is 53.9 Å². The van der Waals surface area contributed by atoms with Gasteiger partial charge in [0, 0.05) is 30.6 Å². The summed E-state index contributed by atoms with van der Waals surface area (Å²) in [5.41, 5.74) is 2.82. The summed E-state index contributed by atoms with van der Waals surface area (Å²) >= 11 is 1.37. The minimum Gasteiger partial charge on any atom is -0.497 e. The zero-order valence-corrected chi connectivity index (χ0v) is 18.5. The molecule has 1 N–H and O–H groups in total. The lowest BCUT2D eigenvalue weighted by atomic mass is 10.1. The Kier molecular flexibility index (Phi) is 5.90. The minimum absolute atomic E-state index is 0.0213. The van der Waals surface area contributed by atoms with Gasteiger partial charge in [-0.05, 0) is 30.7 Å². The predicted molar refractivity (Wildman–Crippen MR) is 122 cm³/mol. The number of benzene rings is 2.